The van der Waals surface area contributed by atoms with Gasteiger partial charge >= 0.3 is 0 Å². The third-order valence-corrected chi connectivity index (χ3v) is 4.27. The molecule has 0 spiro atoms. The molecule has 0 radical (unpaired) electrons. The van der Waals surface area contributed by atoms with Crippen LogP contribution in [0.4, 0.5) is 5.69 Å². The quantitative estimate of drug-likeness (QED) is 0.729. The fourth-order valence-electron chi connectivity index (χ4n) is 2.07. The maximum absolute atomic E-state index is 12.3. The maximum Gasteiger partial charge on any atom is 0.265 e. The summed E-state index contributed by atoms with van der Waals surface area (Å²) < 4.78 is 0. The van der Waals surface area contributed by atoms with Crippen LogP contribution in [0.25, 0.3) is 0 Å². The highest BCUT2D eigenvalue weighted by Crippen LogP contribution is 2.18. The average molecular weight is 332 g/mol. The van der Waals surface area contributed by atoms with Crippen LogP contribution in [0.1, 0.15) is 33.4 Å². The fourth-order valence-corrected chi connectivity index (χ4v) is 2.69. The van der Waals surface area contributed by atoms with Crippen LogP contribution in [-0.4, -0.2) is 30.1 Å². The van der Waals surface area contributed by atoms with Gasteiger partial charge in [-0.15, -0.1) is 11.3 Å². The zero-order valence-electron chi connectivity index (χ0n) is 12.9. The monoisotopic (exact) mass is 332 g/mol. The van der Waals surface area contributed by atoms with E-state index in [9.17, 15) is 9.59 Å². The topological polar surface area (TPSA) is 78.4 Å². The number of aliphatic hydroxyl groups excluding tert-OH is 1. The number of para-hydroxylation sites is 1. The first-order valence-electron chi connectivity index (χ1n) is 7.44. The molecule has 1 unspecified atom stereocenters. The van der Waals surface area contributed by atoms with Crippen LogP contribution in [-0.2, 0) is 0 Å². The van der Waals surface area contributed by atoms with Crippen molar-refractivity contribution in [1.82, 2.24) is 5.32 Å². The summed E-state index contributed by atoms with van der Waals surface area (Å²) >= 11 is 1.35. The Labute approximate surface area is 139 Å². The predicted octanol–water partition coefficient (Wildman–Crippen LogP) is 2.75. The largest absolute Gasteiger partial charge is 0.396 e. The molecule has 3 N–H and O–H groups in total. The predicted molar refractivity (Wildman–Crippen MR) is 91.9 cm³/mol. The summed E-state index contributed by atoms with van der Waals surface area (Å²) in [5, 5.41) is 16.3. The lowest BCUT2D eigenvalue weighted by molar-refractivity contribution is 0.0946. The molecule has 5 nitrogen and oxygen atoms in total. The lowest BCUT2D eigenvalue weighted by atomic mass is 10.1. The maximum atomic E-state index is 12.3. The average Bonchev–Trinajstić information content (AvgIpc) is 3.08. The van der Waals surface area contributed by atoms with Gasteiger partial charge in [0.1, 0.15) is 0 Å². The second-order valence-electron chi connectivity index (χ2n) is 5.30. The number of hydrogen-bond acceptors (Lipinski definition) is 4. The molecule has 0 fully saturated rings. The minimum absolute atomic E-state index is 0.102. The number of anilines is 1. The van der Waals surface area contributed by atoms with E-state index in [-0.39, 0.29) is 24.3 Å². The lowest BCUT2D eigenvalue weighted by Crippen LogP contribution is -2.29. The van der Waals surface area contributed by atoms with E-state index in [1.54, 1.807) is 36.4 Å². The van der Waals surface area contributed by atoms with Gasteiger partial charge in [0.2, 0.25) is 0 Å². The zero-order chi connectivity index (χ0) is 16.7. The molecular formula is C17H20N2O3S. The summed E-state index contributed by atoms with van der Waals surface area (Å²) in [7, 11) is 0. The molecule has 122 valence electrons. The van der Waals surface area contributed by atoms with Crippen molar-refractivity contribution in [2.45, 2.75) is 13.3 Å². The lowest BCUT2D eigenvalue weighted by Gasteiger charge is -2.13. The van der Waals surface area contributed by atoms with E-state index in [0.29, 0.717) is 29.1 Å². The standard InChI is InChI=1S/C17H20N2O3S/c1-12(8-9-20)11-18-16(21)13-5-2-3-6-14(13)19-17(22)15-7-4-10-23-15/h2-7,10,12,20H,8-9,11H2,1H3,(H,18,21)(H,19,22). The smallest absolute Gasteiger partial charge is 0.265 e. The first-order chi connectivity index (χ1) is 11.1. The Kier molecular flexibility index (Phi) is 6.31. The summed E-state index contributed by atoms with van der Waals surface area (Å²) in [6.45, 7) is 2.54. The Hall–Kier alpha value is -2.18. The van der Waals surface area contributed by atoms with E-state index in [4.69, 9.17) is 5.11 Å². The Bertz CT molecular complexity index is 656. The molecule has 0 saturated carbocycles. The number of carbonyl (C=O) groups excluding carboxylic acids is 2. The number of rotatable bonds is 7. The molecule has 1 aromatic heterocycles. The second-order valence-corrected chi connectivity index (χ2v) is 6.25. The van der Waals surface area contributed by atoms with Crippen LogP contribution in [0.15, 0.2) is 41.8 Å². The normalized spacial score (nSPS) is 11.7. The minimum atomic E-state index is -0.239. The van der Waals surface area contributed by atoms with Crippen molar-refractivity contribution in [2.75, 3.05) is 18.5 Å². The molecule has 23 heavy (non-hydrogen) atoms. The van der Waals surface area contributed by atoms with Crippen molar-refractivity contribution in [3.63, 3.8) is 0 Å². The number of carbonyl (C=O) groups is 2. The van der Waals surface area contributed by atoms with Crippen LogP contribution in [0.5, 0.6) is 0 Å². The van der Waals surface area contributed by atoms with Gasteiger partial charge in [0.05, 0.1) is 16.1 Å². The molecule has 0 saturated heterocycles. The summed E-state index contributed by atoms with van der Waals surface area (Å²) in [4.78, 5) is 25.1. The van der Waals surface area contributed by atoms with Gasteiger partial charge in [-0.25, -0.2) is 0 Å². The van der Waals surface area contributed by atoms with Crippen molar-refractivity contribution >= 4 is 28.8 Å². The van der Waals surface area contributed by atoms with E-state index in [0.717, 1.165) is 0 Å². The number of aliphatic hydroxyl groups is 1. The molecule has 2 amide bonds. The van der Waals surface area contributed by atoms with Gasteiger partial charge in [0.25, 0.3) is 11.8 Å². The zero-order valence-corrected chi connectivity index (χ0v) is 13.7. The molecule has 2 rings (SSSR count). The number of amides is 2. The summed E-state index contributed by atoms with van der Waals surface area (Å²) in [5.41, 5.74) is 0.909. The molecule has 1 heterocycles. The fraction of sp³-hybridized carbons (Fsp3) is 0.294. The van der Waals surface area contributed by atoms with Gasteiger partial charge in [0, 0.05) is 13.2 Å². The first-order valence-corrected chi connectivity index (χ1v) is 8.32. The molecular weight excluding hydrogens is 312 g/mol. The number of thiophene rings is 1. The highest BCUT2D eigenvalue weighted by Gasteiger charge is 2.15. The third-order valence-electron chi connectivity index (χ3n) is 3.40. The van der Waals surface area contributed by atoms with Crippen LogP contribution in [0, 0.1) is 5.92 Å². The van der Waals surface area contributed by atoms with E-state index >= 15 is 0 Å². The van der Waals surface area contributed by atoms with Gasteiger partial charge in [-0.1, -0.05) is 25.1 Å². The van der Waals surface area contributed by atoms with Gasteiger partial charge < -0.3 is 15.7 Å². The first kappa shape index (κ1) is 17.2. The molecule has 0 aliphatic carbocycles. The van der Waals surface area contributed by atoms with Crippen LogP contribution >= 0.6 is 11.3 Å². The Balaban J connectivity index is 2.05. The molecule has 2 aromatic rings. The molecule has 1 aromatic carbocycles. The van der Waals surface area contributed by atoms with Gasteiger partial charge in [-0.05, 0) is 35.9 Å². The number of nitrogens with one attached hydrogen (secondary N) is 2. The van der Waals surface area contributed by atoms with Crippen molar-refractivity contribution in [1.29, 1.82) is 0 Å². The molecule has 0 bridgehead atoms. The SMILES string of the molecule is CC(CCO)CNC(=O)c1ccccc1NC(=O)c1cccs1. The van der Waals surface area contributed by atoms with Crippen molar-refractivity contribution in [2.24, 2.45) is 5.92 Å². The summed E-state index contributed by atoms with van der Waals surface area (Å²) in [5.74, 6) is -0.275. The number of benzene rings is 1. The second kappa shape index (κ2) is 8.45. The van der Waals surface area contributed by atoms with Crippen LogP contribution in [0.2, 0.25) is 0 Å². The van der Waals surface area contributed by atoms with E-state index in [1.807, 2.05) is 12.3 Å². The highest BCUT2D eigenvalue weighted by molar-refractivity contribution is 7.12. The summed E-state index contributed by atoms with van der Waals surface area (Å²) in [6.07, 6.45) is 0.636. The van der Waals surface area contributed by atoms with Gasteiger partial charge in [-0.3, -0.25) is 9.59 Å². The van der Waals surface area contributed by atoms with Crippen LogP contribution < -0.4 is 10.6 Å². The molecule has 1 atom stereocenters. The van der Waals surface area contributed by atoms with Crippen molar-refractivity contribution in [3.8, 4) is 0 Å². The molecule has 0 aliphatic rings. The van der Waals surface area contributed by atoms with E-state index < -0.39 is 0 Å². The number of hydrogen-bond donors (Lipinski definition) is 3. The van der Waals surface area contributed by atoms with Gasteiger partial charge in [0.15, 0.2) is 0 Å². The van der Waals surface area contributed by atoms with Crippen molar-refractivity contribution < 1.29 is 14.7 Å². The molecule has 0 aliphatic heterocycles. The molecule has 6 heteroatoms. The van der Waals surface area contributed by atoms with E-state index in [1.165, 1.54) is 11.3 Å². The van der Waals surface area contributed by atoms with Crippen molar-refractivity contribution in [3.05, 3.63) is 52.2 Å². The summed E-state index contributed by atoms with van der Waals surface area (Å²) in [6, 6.07) is 10.5. The minimum Gasteiger partial charge on any atom is -0.396 e. The highest BCUT2D eigenvalue weighted by atomic mass is 32.1. The Morgan fingerprint density at radius 2 is 1.96 bits per heavy atom. The Morgan fingerprint density at radius 1 is 1.17 bits per heavy atom. The van der Waals surface area contributed by atoms with Crippen LogP contribution in [0.3, 0.4) is 0 Å². The third kappa shape index (κ3) is 4.91. The Morgan fingerprint density at radius 3 is 2.65 bits per heavy atom. The van der Waals surface area contributed by atoms with Gasteiger partial charge in [-0.2, -0.15) is 0 Å². The van der Waals surface area contributed by atoms with E-state index in [2.05, 4.69) is 10.6 Å².